The lowest BCUT2D eigenvalue weighted by Gasteiger charge is -2.46. The van der Waals surface area contributed by atoms with Gasteiger partial charge in [-0.05, 0) is 51.5 Å². The molecule has 0 spiro atoms. The highest BCUT2D eigenvalue weighted by Crippen LogP contribution is 2.38. The molecule has 2 fully saturated rings. The Bertz CT molecular complexity index is 257. The quantitative estimate of drug-likeness (QED) is 0.819. The zero-order valence-corrected chi connectivity index (χ0v) is 12.4. The molecule has 0 bridgehead atoms. The molecule has 0 heterocycles. The average molecular weight is 255 g/mol. The zero-order valence-electron chi connectivity index (χ0n) is 12.4. The van der Waals surface area contributed by atoms with Crippen LogP contribution in [0.15, 0.2) is 0 Å². The molecular weight excluding hydrogens is 226 g/mol. The number of nitrogens with one attached hydrogen (secondary N) is 1. The van der Waals surface area contributed by atoms with E-state index in [1.54, 1.807) is 0 Å². The first-order chi connectivity index (χ1) is 8.55. The number of ether oxygens (including phenoxy) is 2. The van der Waals surface area contributed by atoms with Crippen LogP contribution in [0.2, 0.25) is 0 Å². The molecule has 0 amide bonds. The van der Waals surface area contributed by atoms with Crippen LogP contribution in [-0.4, -0.2) is 38.0 Å². The van der Waals surface area contributed by atoms with Gasteiger partial charge in [0, 0.05) is 12.6 Å². The van der Waals surface area contributed by atoms with E-state index in [0.29, 0.717) is 23.7 Å². The average Bonchev–Trinajstić information content (AvgIpc) is 2.33. The van der Waals surface area contributed by atoms with E-state index >= 15 is 0 Å². The Morgan fingerprint density at radius 3 is 2.44 bits per heavy atom. The fourth-order valence-corrected chi connectivity index (χ4v) is 3.17. The van der Waals surface area contributed by atoms with Crippen LogP contribution in [0.25, 0.3) is 0 Å². The van der Waals surface area contributed by atoms with Crippen molar-refractivity contribution in [1.29, 1.82) is 0 Å². The van der Waals surface area contributed by atoms with Crippen LogP contribution in [0, 0.1) is 5.41 Å². The Labute approximate surface area is 112 Å². The maximum absolute atomic E-state index is 6.25. The van der Waals surface area contributed by atoms with E-state index < -0.39 is 0 Å². The van der Waals surface area contributed by atoms with E-state index in [9.17, 15) is 0 Å². The van der Waals surface area contributed by atoms with Crippen molar-refractivity contribution in [3.8, 4) is 0 Å². The number of likely N-dealkylation sites (N-methyl/N-ethyl adjacent to an activating group) is 1. The highest BCUT2D eigenvalue weighted by molar-refractivity contribution is 4.97. The van der Waals surface area contributed by atoms with Gasteiger partial charge in [0.25, 0.3) is 0 Å². The summed E-state index contributed by atoms with van der Waals surface area (Å²) in [6.45, 7) is 7.57. The van der Waals surface area contributed by atoms with Crippen LogP contribution in [0.5, 0.6) is 0 Å². The molecular formula is C15H29NO2. The first-order valence-corrected chi connectivity index (χ1v) is 7.50. The Kier molecular flexibility index (Phi) is 4.68. The van der Waals surface area contributed by atoms with Gasteiger partial charge in [-0.3, -0.25) is 0 Å². The SMILES string of the molecule is CCOC1C(NC)CC1OC1CCC(C)(C)CC1. The van der Waals surface area contributed by atoms with Gasteiger partial charge in [0.05, 0.1) is 18.3 Å². The predicted molar refractivity (Wildman–Crippen MR) is 73.8 cm³/mol. The molecule has 0 radical (unpaired) electrons. The molecule has 2 saturated carbocycles. The van der Waals surface area contributed by atoms with Gasteiger partial charge in [0.15, 0.2) is 0 Å². The monoisotopic (exact) mass is 255 g/mol. The van der Waals surface area contributed by atoms with Gasteiger partial charge in [-0.15, -0.1) is 0 Å². The maximum atomic E-state index is 6.25. The molecule has 2 aliphatic carbocycles. The molecule has 3 unspecified atom stereocenters. The van der Waals surface area contributed by atoms with E-state index in [-0.39, 0.29) is 6.10 Å². The molecule has 0 saturated heterocycles. The zero-order chi connectivity index (χ0) is 13.2. The summed E-state index contributed by atoms with van der Waals surface area (Å²) in [5, 5.41) is 3.31. The topological polar surface area (TPSA) is 30.5 Å². The van der Waals surface area contributed by atoms with Gasteiger partial charge >= 0.3 is 0 Å². The van der Waals surface area contributed by atoms with E-state index in [4.69, 9.17) is 9.47 Å². The Morgan fingerprint density at radius 2 is 1.89 bits per heavy atom. The second-order valence-electron chi connectivity index (χ2n) is 6.59. The highest BCUT2D eigenvalue weighted by atomic mass is 16.6. The fraction of sp³-hybridized carbons (Fsp3) is 1.00. The third-order valence-electron chi connectivity index (χ3n) is 4.63. The van der Waals surface area contributed by atoms with Crippen molar-refractivity contribution in [2.75, 3.05) is 13.7 Å². The molecule has 0 aliphatic heterocycles. The van der Waals surface area contributed by atoms with Crippen LogP contribution in [-0.2, 0) is 9.47 Å². The summed E-state index contributed by atoms with van der Waals surface area (Å²) >= 11 is 0. The molecule has 0 aromatic carbocycles. The minimum Gasteiger partial charge on any atom is -0.374 e. The molecule has 3 heteroatoms. The molecule has 1 N–H and O–H groups in total. The minimum absolute atomic E-state index is 0.259. The summed E-state index contributed by atoms with van der Waals surface area (Å²) in [6, 6.07) is 0.481. The highest BCUT2D eigenvalue weighted by Gasteiger charge is 2.43. The van der Waals surface area contributed by atoms with E-state index in [2.05, 4.69) is 26.1 Å². The largest absolute Gasteiger partial charge is 0.374 e. The Hall–Kier alpha value is -0.120. The van der Waals surface area contributed by atoms with Crippen LogP contribution < -0.4 is 5.32 Å². The normalized spacial score (nSPS) is 36.3. The van der Waals surface area contributed by atoms with E-state index in [1.807, 2.05) is 7.05 Å². The smallest absolute Gasteiger partial charge is 0.0990 e. The van der Waals surface area contributed by atoms with Gasteiger partial charge in [-0.25, -0.2) is 0 Å². The standard InChI is InChI=1S/C15H29NO2/c1-5-17-14-12(16-4)10-13(14)18-11-6-8-15(2,3)9-7-11/h11-14,16H,5-10H2,1-4H3. The van der Waals surface area contributed by atoms with Gasteiger partial charge in [-0.1, -0.05) is 13.8 Å². The number of hydrogen-bond acceptors (Lipinski definition) is 3. The van der Waals surface area contributed by atoms with Gasteiger partial charge in [0.2, 0.25) is 0 Å². The first-order valence-electron chi connectivity index (χ1n) is 7.50. The lowest BCUT2D eigenvalue weighted by atomic mass is 9.76. The Morgan fingerprint density at radius 1 is 1.22 bits per heavy atom. The molecule has 18 heavy (non-hydrogen) atoms. The summed E-state index contributed by atoms with van der Waals surface area (Å²) in [5.41, 5.74) is 0.520. The van der Waals surface area contributed by atoms with Gasteiger partial charge in [0.1, 0.15) is 0 Å². The summed E-state index contributed by atoms with van der Waals surface area (Å²) in [4.78, 5) is 0. The van der Waals surface area contributed by atoms with Crippen LogP contribution >= 0.6 is 0 Å². The van der Waals surface area contributed by atoms with E-state index in [1.165, 1.54) is 25.7 Å². The van der Waals surface area contributed by atoms with Crippen molar-refractivity contribution in [3.63, 3.8) is 0 Å². The van der Waals surface area contributed by atoms with Crippen molar-refractivity contribution < 1.29 is 9.47 Å². The number of hydrogen-bond donors (Lipinski definition) is 1. The summed E-state index contributed by atoms with van der Waals surface area (Å²) in [7, 11) is 2.01. The van der Waals surface area contributed by atoms with Gasteiger partial charge < -0.3 is 14.8 Å². The lowest BCUT2D eigenvalue weighted by molar-refractivity contribution is -0.173. The Balaban J connectivity index is 1.77. The van der Waals surface area contributed by atoms with Crippen LogP contribution in [0.3, 0.4) is 0 Å². The molecule has 2 rings (SSSR count). The van der Waals surface area contributed by atoms with Crippen molar-refractivity contribution in [2.45, 2.75) is 77.2 Å². The second-order valence-corrected chi connectivity index (χ2v) is 6.59. The van der Waals surface area contributed by atoms with E-state index in [0.717, 1.165) is 13.0 Å². The van der Waals surface area contributed by atoms with Crippen molar-refractivity contribution in [2.24, 2.45) is 5.41 Å². The fourth-order valence-electron chi connectivity index (χ4n) is 3.17. The molecule has 0 aromatic rings. The minimum atomic E-state index is 0.259. The third kappa shape index (κ3) is 3.25. The van der Waals surface area contributed by atoms with Crippen molar-refractivity contribution in [3.05, 3.63) is 0 Å². The van der Waals surface area contributed by atoms with Crippen LogP contribution in [0.4, 0.5) is 0 Å². The first kappa shape index (κ1) is 14.3. The maximum Gasteiger partial charge on any atom is 0.0990 e. The summed E-state index contributed by atoms with van der Waals surface area (Å²) in [5.74, 6) is 0. The molecule has 3 atom stereocenters. The molecule has 3 nitrogen and oxygen atoms in total. The van der Waals surface area contributed by atoms with Crippen molar-refractivity contribution >= 4 is 0 Å². The number of rotatable bonds is 5. The molecule has 106 valence electrons. The lowest BCUT2D eigenvalue weighted by Crippen LogP contribution is -2.60. The second kappa shape index (κ2) is 5.89. The summed E-state index contributed by atoms with van der Waals surface area (Å²) in [6.07, 6.45) is 7.14. The molecule has 2 aliphatic rings. The molecule has 0 aromatic heterocycles. The van der Waals surface area contributed by atoms with Crippen molar-refractivity contribution in [1.82, 2.24) is 5.32 Å². The van der Waals surface area contributed by atoms with Crippen LogP contribution in [0.1, 0.15) is 52.9 Å². The third-order valence-corrected chi connectivity index (χ3v) is 4.63. The summed E-state index contributed by atoms with van der Waals surface area (Å²) < 4.78 is 12.0. The van der Waals surface area contributed by atoms with Gasteiger partial charge in [-0.2, -0.15) is 0 Å². The predicted octanol–water partition coefficient (Wildman–Crippen LogP) is 2.74.